The van der Waals surface area contributed by atoms with E-state index in [0.717, 1.165) is 17.4 Å². The van der Waals surface area contributed by atoms with Gasteiger partial charge in [0, 0.05) is 11.8 Å². The van der Waals surface area contributed by atoms with Gasteiger partial charge in [-0.25, -0.2) is 4.98 Å². The van der Waals surface area contributed by atoms with Gasteiger partial charge in [0.1, 0.15) is 10.3 Å². The molecule has 1 aromatic heterocycles. The van der Waals surface area contributed by atoms with Crippen LogP contribution in [-0.2, 0) is 0 Å². The van der Waals surface area contributed by atoms with Crippen molar-refractivity contribution in [1.29, 1.82) is 0 Å². The van der Waals surface area contributed by atoms with Gasteiger partial charge in [0.2, 0.25) is 0 Å². The van der Waals surface area contributed by atoms with E-state index in [1.54, 1.807) is 0 Å². The Hall–Kier alpha value is -0.640. The molecular weight excluding hydrogens is 316 g/mol. The second-order valence-corrected chi connectivity index (χ2v) is 7.21. The van der Waals surface area contributed by atoms with Crippen LogP contribution in [0, 0.1) is 5.92 Å². The smallest absolute Gasteiger partial charge is 0.265 e. The number of aromatic amines is 1. The second-order valence-electron chi connectivity index (χ2n) is 6.42. The molecule has 110 valence electrons. The van der Waals surface area contributed by atoms with Crippen LogP contribution >= 0.6 is 15.9 Å². The van der Waals surface area contributed by atoms with Gasteiger partial charge < -0.3 is 4.98 Å². The summed E-state index contributed by atoms with van der Waals surface area (Å²) in [6, 6.07) is 0. The minimum absolute atomic E-state index is 0.0110. The zero-order valence-electron chi connectivity index (χ0n) is 12.1. The Kier molecular flexibility index (Phi) is 4.29. The van der Waals surface area contributed by atoms with Crippen molar-refractivity contribution in [3.63, 3.8) is 0 Å². The number of H-pyrrole nitrogens is 1. The lowest BCUT2D eigenvalue weighted by molar-refractivity contribution is 0.514. The fourth-order valence-electron chi connectivity index (χ4n) is 3.85. The Morgan fingerprint density at radius 3 is 2.60 bits per heavy atom. The molecule has 3 nitrogen and oxygen atoms in total. The first kappa shape index (κ1) is 14.3. The Bertz CT molecular complexity index is 534. The molecule has 0 saturated heterocycles. The van der Waals surface area contributed by atoms with Crippen LogP contribution in [0.2, 0.25) is 0 Å². The van der Waals surface area contributed by atoms with E-state index in [1.807, 2.05) is 0 Å². The molecule has 0 amide bonds. The number of hydrogen-bond donors (Lipinski definition) is 1. The average Bonchev–Trinajstić information content (AvgIpc) is 3.11. The maximum atomic E-state index is 12.2. The first-order valence-electron chi connectivity index (χ1n) is 7.98. The first-order chi connectivity index (χ1) is 9.69. The highest BCUT2D eigenvalue weighted by Gasteiger charge is 2.29. The van der Waals surface area contributed by atoms with E-state index < -0.39 is 0 Å². The molecular formula is C16H23BrN2O. The molecule has 1 aromatic rings. The van der Waals surface area contributed by atoms with Gasteiger partial charge in [0.25, 0.3) is 5.56 Å². The van der Waals surface area contributed by atoms with E-state index in [1.165, 1.54) is 51.4 Å². The van der Waals surface area contributed by atoms with E-state index in [0.29, 0.717) is 16.3 Å². The largest absolute Gasteiger partial charge is 0.309 e. The van der Waals surface area contributed by atoms with Crippen molar-refractivity contribution in [3.05, 3.63) is 26.3 Å². The van der Waals surface area contributed by atoms with Crippen molar-refractivity contribution in [2.45, 2.75) is 70.1 Å². The topological polar surface area (TPSA) is 45.8 Å². The number of nitrogens with one attached hydrogen (secondary N) is 1. The van der Waals surface area contributed by atoms with Crippen molar-refractivity contribution < 1.29 is 0 Å². The standard InChI is InChI=1S/C16H23BrN2O/c1-2-10-7-8-12(9-10)15-18-14(11-5-3-4-6-11)13(17)16(20)19-15/h10-12H,2-9H2,1H3,(H,18,19,20). The van der Waals surface area contributed by atoms with E-state index in [-0.39, 0.29) is 5.56 Å². The Morgan fingerprint density at radius 2 is 1.95 bits per heavy atom. The maximum absolute atomic E-state index is 12.2. The van der Waals surface area contributed by atoms with Crippen LogP contribution in [0.4, 0.5) is 0 Å². The summed E-state index contributed by atoms with van der Waals surface area (Å²) in [7, 11) is 0. The van der Waals surface area contributed by atoms with Crippen LogP contribution in [0.3, 0.4) is 0 Å². The minimum atomic E-state index is 0.0110. The lowest BCUT2D eigenvalue weighted by Crippen LogP contribution is -2.18. The second kappa shape index (κ2) is 6.00. The quantitative estimate of drug-likeness (QED) is 0.882. The molecule has 0 aromatic carbocycles. The summed E-state index contributed by atoms with van der Waals surface area (Å²) in [5.41, 5.74) is 1.03. The van der Waals surface area contributed by atoms with E-state index in [4.69, 9.17) is 4.98 Å². The van der Waals surface area contributed by atoms with E-state index >= 15 is 0 Å². The lowest BCUT2D eigenvalue weighted by atomic mass is 10.0. The molecule has 0 bridgehead atoms. The normalized spacial score (nSPS) is 27.3. The van der Waals surface area contributed by atoms with Crippen molar-refractivity contribution in [2.24, 2.45) is 5.92 Å². The van der Waals surface area contributed by atoms with Gasteiger partial charge in [0.05, 0.1) is 5.69 Å². The summed E-state index contributed by atoms with van der Waals surface area (Å²) in [5.74, 6) is 2.69. The number of nitrogens with zero attached hydrogens (tertiary/aromatic N) is 1. The van der Waals surface area contributed by atoms with Gasteiger partial charge in [-0.3, -0.25) is 4.79 Å². The van der Waals surface area contributed by atoms with Crippen LogP contribution in [0.1, 0.15) is 81.6 Å². The van der Waals surface area contributed by atoms with Crippen LogP contribution in [0.15, 0.2) is 9.27 Å². The molecule has 3 rings (SSSR count). The minimum Gasteiger partial charge on any atom is -0.309 e. The van der Waals surface area contributed by atoms with Crippen LogP contribution in [-0.4, -0.2) is 9.97 Å². The predicted octanol–water partition coefficient (Wildman–Crippen LogP) is 4.48. The number of rotatable bonds is 3. The van der Waals surface area contributed by atoms with Gasteiger partial charge in [-0.1, -0.05) is 26.2 Å². The fraction of sp³-hybridized carbons (Fsp3) is 0.750. The molecule has 0 radical (unpaired) electrons. The first-order valence-corrected chi connectivity index (χ1v) is 8.78. The Morgan fingerprint density at radius 1 is 1.20 bits per heavy atom. The predicted molar refractivity (Wildman–Crippen MR) is 84.1 cm³/mol. The van der Waals surface area contributed by atoms with E-state index in [9.17, 15) is 4.79 Å². The molecule has 1 heterocycles. The molecule has 0 spiro atoms. The summed E-state index contributed by atoms with van der Waals surface area (Å²) in [5, 5.41) is 0. The third kappa shape index (κ3) is 2.72. The number of hydrogen-bond acceptors (Lipinski definition) is 2. The lowest BCUT2D eigenvalue weighted by Gasteiger charge is -2.15. The molecule has 0 aliphatic heterocycles. The molecule has 2 aliphatic rings. The molecule has 2 unspecified atom stereocenters. The molecule has 2 atom stereocenters. The highest BCUT2D eigenvalue weighted by molar-refractivity contribution is 9.10. The highest BCUT2D eigenvalue weighted by Crippen LogP contribution is 2.40. The zero-order chi connectivity index (χ0) is 14.1. The van der Waals surface area contributed by atoms with Crippen molar-refractivity contribution in [1.82, 2.24) is 9.97 Å². The summed E-state index contributed by atoms with van der Waals surface area (Å²) >= 11 is 3.45. The summed E-state index contributed by atoms with van der Waals surface area (Å²) in [6.45, 7) is 2.26. The van der Waals surface area contributed by atoms with Gasteiger partial charge in [-0.05, 0) is 54.0 Å². The summed E-state index contributed by atoms with van der Waals surface area (Å²) in [6.07, 6.45) is 9.77. The third-order valence-corrected chi connectivity index (χ3v) is 5.92. The van der Waals surface area contributed by atoms with Gasteiger partial charge >= 0.3 is 0 Å². The highest BCUT2D eigenvalue weighted by atomic mass is 79.9. The SMILES string of the molecule is CCC1CCC(c2nc(C3CCCC3)c(Br)c(=O)[nH]2)C1. The Labute approximate surface area is 128 Å². The van der Waals surface area contributed by atoms with Gasteiger partial charge in [-0.15, -0.1) is 0 Å². The van der Waals surface area contributed by atoms with Crippen LogP contribution in [0.25, 0.3) is 0 Å². The molecule has 2 saturated carbocycles. The van der Waals surface area contributed by atoms with Crippen molar-refractivity contribution >= 4 is 15.9 Å². The molecule has 20 heavy (non-hydrogen) atoms. The number of aromatic nitrogens is 2. The average molecular weight is 339 g/mol. The van der Waals surface area contributed by atoms with Crippen LogP contribution in [0.5, 0.6) is 0 Å². The summed E-state index contributed by atoms with van der Waals surface area (Å²) in [4.78, 5) is 20.1. The van der Waals surface area contributed by atoms with Crippen molar-refractivity contribution in [2.75, 3.05) is 0 Å². The van der Waals surface area contributed by atoms with E-state index in [2.05, 4.69) is 27.8 Å². The Balaban J connectivity index is 1.90. The fourth-order valence-corrected chi connectivity index (χ4v) is 4.36. The molecule has 2 fully saturated rings. The van der Waals surface area contributed by atoms with Gasteiger partial charge in [0.15, 0.2) is 0 Å². The molecule has 1 N–H and O–H groups in total. The molecule has 4 heteroatoms. The third-order valence-electron chi connectivity index (χ3n) is 5.15. The van der Waals surface area contributed by atoms with Gasteiger partial charge in [-0.2, -0.15) is 0 Å². The molecule has 2 aliphatic carbocycles. The number of halogens is 1. The zero-order valence-corrected chi connectivity index (χ0v) is 13.7. The summed E-state index contributed by atoms with van der Waals surface area (Å²) < 4.78 is 0.665. The van der Waals surface area contributed by atoms with Crippen molar-refractivity contribution in [3.8, 4) is 0 Å². The maximum Gasteiger partial charge on any atom is 0.265 e. The monoisotopic (exact) mass is 338 g/mol. The van der Waals surface area contributed by atoms with Crippen LogP contribution < -0.4 is 5.56 Å².